The number of aryl methyl sites for hydroxylation is 8. The number of nitriles is 2. The Kier molecular flexibility index (Phi) is 33.6. The van der Waals surface area contributed by atoms with Crippen LogP contribution in [0.25, 0.3) is 63.3 Å². The molecule has 0 saturated heterocycles. The fraction of sp³-hybridized carbons (Fsp3) is 0.439. The maximum absolute atomic E-state index is 15.6. The number of allylic oxidation sites excluding steroid dienone is 6. The summed E-state index contributed by atoms with van der Waals surface area (Å²) in [6.45, 7) is 35.5. The van der Waals surface area contributed by atoms with Gasteiger partial charge in [-0.15, -0.1) is 45.3 Å². The van der Waals surface area contributed by atoms with E-state index in [2.05, 4.69) is 162 Å². The molecule has 0 atom stereocenters. The van der Waals surface area contributed by atoms with Crippen LogP contribution in [0.1, 0.15) is 390 Å². The molecule has 0 fully saturated rings. The number of nitrogens with zero attached hydrogens (tertiary/aromatic N) is 4. The van der Waals surface area contributed by atoms with Crippen LogP contribution < -0.4 is 0 Å². The van der Waals surface area contributed by atoms with E-state index in [1.165, 1.54) is 158 Å². The van der Waals surface area contributed by atoms with Crippen LogP contribution in [0.2, 0.25) is 20.1 Å². The Morgan fingerprint density at radius 3 is 0.773 bits per heavy atom. The summed E-state index contributed by atoms with van der Waals surface area (Å²) in [7, 11) is 0. The van der Waals surface area contributed by atoms with Crippen LogP contribution >= 0.6 is 91.8 Å². The number of carbonyl (C=O) groups excluding carboxylic acids is 2. The summed E-state index contributed by atoms with van der Waals surface area (Å²) in [6, 6.07) is 46.8. The van der Waals surface area contributed by atoms with Crippen molar-refractivity contribution in [2.75, 3.05) is 0 Å². The van der Waals surface area contributed by atoms with Gasteiger partial charge in [-0.2, -0.15) is 0 Å². The van der Waals surface area contributed by atoms with Crippen molar-refractivity contribution in [3.63, 3.8) is 0 Å². The van der Waals surface area contributed by atoms with Gasteiger partial charge >= 0.3 is 0 Å². The minimum absolute atomic E-state index is 0.181. The highest BCUT2D eigenvalue weighted by Gasteiger charge is 2.56. The number of rotatable bonds is 46. The molecule has 0 N–H and O–H groups in total. The SMILES string of the molecule is [C-]#[N+]/C(C#N)=C1\C(=C\c2cc3c(s2)C(c2cc(CCCCCC)cc(CCCCCC)c2)(c2cc(CCCCCC)cc(CCCCCC)c2)c2c-3sc3c4c(sc23)-c2cc(/C=C3\C(=O)c5cc(Cl)c(Cl)cc5\C3=C(\C#N)[N+]#[C-])sc2C4(c2cc(CCCCCC)cc(CCCCCC)c2)c2cc(CCCCCC)cc(CCCCCC)c2)C(=O)c2cc(Cl)c(Cl)cc21. The first-order chi connectivity index (χ1) is 62.4. The third-order valence-corrected chi connectivity index (χ3v) is 33.6. The van der Waals surface area contributed by atoms with Crippen molar-refractivity contribution in [2.45, 2.75) is 323 Å². The van der Waals surface area contributed by atoms with Crippen molar-refractivity contribution < 1.29 is 9.59 Å². The molecule has 4 aliphatic rings. The van der Waals surface area contributed by atoms with Gasteiger partial charge in [0.05, 0.1) is 65.6 Å². The topological polar surface area (TPSA) is 90.4 Å². The van der Waals surface area contributed by atoms with Crippen molar-refractivity contribution in [3.8, 4) is 33.0 Å². The summed E-state index contributed by atoms with van der Waals surface area (Å²) >= 11 is 34.8. The van der Waals surface area contributed by atoms with Crippen LogP contribution in [0.4, 0.5) is 0 Å². The van der Waals surface area contributed by atoms with Crippen molar-refractivity contribution in [3.05, 3.63) is 294 Å². The Morgan fingerprint density at radius 2 is 0.555 bits per heavy atom. The molecule has 0 amide bonds. The van der Waals surface area contributed by atoms with Gasteiger partial charge in [0, 0.05) is 84.9 Å². The average Bonchev–Trinajstić information content (AvgIpc) is 1.48. The van der Waals surface area contributed by atoms with E-state index in [0.29, 0.717) is 22.3 Å². The molecular formula is C114H124Cl4N4O2S4. The Balaban J connectivity index is 1.18. The van der Waals surface area contributed by atoms with Gasteiger partial charge in [0.25, 0.3) is 11.4 Å². The number of unbranched alkanes of at least 4 members (excludes halogenated alkanes) is 24. The lowest BCUT2D eigenvalue weighted by Crippen LogP contribution is -2.29. The third-order valence-electron chi connectivity index (χ3n) is 27.1. The molecule has 0 spiro atoms. The van der Waals surface area contributed by atoms with Crippen molar-refractivity contribution in [1.82, 2.24) is 0 Å². The monoisotopic (exact) mass is 1850 g/mol. The first-order valence-corrected chi connectivity index (χ1v) is 53.2. The summed E-state index contributed by atoms with van der Waals surface area (Å²) in [6.07, 6.45) is 47.7. The molecule has 0 bridgehead atoms. The van der Waals surface area contributed by atoms with Gasteiger partial charge in [-0.25, -0.2) is 20.2 Å². The van der Waals surface area contributed by atoms with Gasteiger partial charge in [0.15, 0.2) is 11.6 Å². The molecule has 128 heavy (non-hydrogen) atoms. The highest BCUT2D eigenvalue weighted by Crippen LogP contribution is 2.71. The van der Waals surface area contributed by atoms with Crippen LogP contribution in [-0.2, 0) is 62.2 Å². The van der Waals surface area contributed by atoms with Crippen LogP contribution in [0, 0.1) is 35.8 Å². The molecule has 0 radical (unpaired) electrons. The fourth-order valence-corrected chi connectivity index (χ4v) is 27.3. The summed E-state index contributed by atoms with van der Waals surface area (Å²) in [5.74, 6) is -0.615. The number of halogens is 4. The van der Waals surface area contributed by atoms with E-state index in [9.17, 15) is 10.5 Å². The number of benzene rings is 6. The lowest BCUT2D eigenvalue weighted by Gasteiger charge is -2.35. The van der Waals surface area contributed by atoms with Gasteiger partial charge in [0.2, 0.25) is 0 Å². The van der Waals surface area contributed by atoms with Crippen LogP contribution in [0.15, 0.2) is 132 Å². The number of ketones is 2. The second-order valence-corrected chi connectivity index (χ2v) is 42.3. The normalized spacial score (nSPS) is 15.2. The first kappa shape index (κ1) is 95.9. The molecule has 6 nitrogen and oxygen atoms in total. The highest BCUT2D eigenvalue weighted by atomic mass is 35.5. The molecule has 0 unspecified atom stereocenters. The zero-order chi connectivity index (χ0) is 90.2. The van der Waals surface area contributed by atoms with E-state index in [1.807, 2.05) is 34.8 Å². The molecule has 0 aliphatic heterocycles. The predicted octanol–water partition coefficient (Wildman–Crippen LogP) is 36.3. The first-order valence-electron chi connectivity index (χ1n) is 48.4. The zero-order valence-electron chi connectivity index (χ0n) is 76.6. The van der Waals surface area contributed by atoms with Crippen LogP contribution in [0.5, 0.6) is 0 Å². The Labute approximate surface area is 799 Å². The second kappa shape index (κ2) is 44.8. The molecular weight excluding hydrogens is 1730 g/mol. The van der Waals surface area contributed by atoms with E-state index < -0.39 is 10.8 Å². The van der Waals surface area contributed by atoms with E-state index in [-0.39, 0.29) is 65.3 Å². The van der Waals surface area contributed by atoms with Gasteiger partial charge in [-0.1, -0.05) is 329 Å². The maximum Gasteiger partial charge on any atom is 0.270 e. The molecule has 10 aromatic rings. The quantitative estimate of drug-likeness (QED) is 0.0165. The molecule has 6 aromatic carbocycles. The molecule has 0 saturated carbocycles. The number of fused-ring (bicyclic) bond motifs is 11. The highest BCUT2D eigenvalue weighted by molar-refractivity contribution is 7.32. The van der Waals surface area contributed by atoms with E-state index in [4.69, 9.17) is 59.5 Å². The number of Topliss-reactive ketones (excluding diaryl/α,β-unsaturated/α-hetero) is 2. The number of hydrogen-bond donors (Lipinski definition) is 0. The number of thiophene rings is 4. The Morgan fingerprint density at radius 1 is 0.320 bits per heavy atom. The summed E-state index contributed by atoms with van der Waals surface area (Å²) in [5.41, 5.74) is 21.0. The zero-order valence-corrected chi connectivity index (χ0v) is 82.9. The minimum Gasteiger partial charge on any atom is -0.289 e. The van der Waals surface area contributed by atoms with E-state index in [0.717, 1.165) is 226 Å². The molecule has 4 aliphatic carbocycles. The summed E-state index contributed by atoms with van der Waals surface area (Å²) in [4.78, 5) is 45.3. The van der Waals surface area contributed by atoms with Gasteiger partial charge in [-0.3, -0.25) is 9.59 Å². The number of carbonyl (C=O) groups is 2. The van der Waals surface area contributed by atoms with E-state index >= 15 is 9.59 Å². The Bertz CT molecular complexity index is 5430. The molecule has 14 heteroatoms. The smallest absolute Gasteiger partial charge is 0.270 e. The van der Waals surface area contributed by atoms with Crippen LogP contribution in [0.3, 0.4) is 0 Å². The Hall–Kier alpha value is -8.20. The maximum atomic E-state index is 15.6. The van der Waals surface area contributed by atoms with Crippen molar-refractivity contribution in [1.29, 1.82) is 10.5 Å². The lowest BCUT2D eigenvalue weighted by atomic mass is 9.68. The summed E-state index contributed by atoms with van der Waals surface area (Å²) in [5, 5.41) is 22.9. The molecule has 14 rings (SSSR count). The standard InChI is InChI=1S/C114H124Cl4N4O2S4/c1-11-19-27-35-43-73-51-74(44-36-28-20-12-2)56-81(55-73)113(82-57-75(45-37-29-21-13-3)52-76(58-82)46-38-30-22-14-4)103-107(93-65-85(125-111(93)113)63-91-101(99(71-119)121-9)87-67-95(115)97(117)69-89(87)105(91)123)127-110-104-108(128-109(103)110)94-66-86(64-92-102(100(72-120)122-10)88-68-96(116)98(118)70-90(88)106(92)124)126-112(94)114(104,83-59-77(47-39-31-23-15-5)53-78(60-83)48-40-32-24-16-6)84-61-79(49-41-33-25-17-7)54-80(62-84)50-42-34-26-18-8/h51-70H,11-50H2,1-8H3/b91-63-,92-64-,101-99-,102-100+. The number of hydrogen-bond acceptors (Lipinski definition) is 8. The van der Waals surface area contributed by atoms with Crippen molar-refractivity contribution >= 4 is 136 Å². The molecule has 4 heterocycles. The van der Waals surface area contributed by atoms with Gasteiger partial charge in [0.1, 0.15) is 0 Å². The van der Waals surface area contributed by atoms with Gasteiger partial charge < -0.3 is 0 Å². The molecule has 4 aromatic heterocycles. The van der Waals surface area contributed by atoms with Gasteiger partial charge in [-0.05, 0) is 229 Å². The summed E-state index contributed by atoms with van der Waals surface area (Å²) < 4.78 is 2.52. The van der Waals surface area contributed by atoms with E-state index in [1.54, 1.807) is 46.9 Å². The molecule has 664 valence electrons. The van der Waals surface area contributed by atoms with Crippen molar-refractivity contribution in [2.24, 2.45) is 0 Å². The minimum atomic E-state index is -0.952. The lowest BCUT2D eigenvalue weighted by molar-refractivity contribution is 0.103. The largest absolute Gasteiger partial charge is 0.289 e. The van der Waals surface area contributed by atoms with Crippen LogP contribution in [-0.4, -0.2) is 11.6 Å². The fourth-order valence-electron chi connectivity index (χ4n) is 20.7. The predicted molar refractivity (Wildman–Crippen MR) is 549 cm³/mol. The average molecular weight is 1850 g/mol. The third kappa shape index (κ3) is 20.0. The second-order valence-electron chi connectivity index (χ2n) is 36.5.